The first-order chi connectivity index (χ1) is 4.36. The molecular weight excluding hydrogens is 156 g/mol. The van der Waals surface area contributed by atoms with Crippen molar-refractivity contribution < 1.29 is 0 Å². The monoisotopic (exact) mass is 160 g/mol. The lowest BCUT2D eigenvalue weighted by atomic mass is 10.5. The molecule has 0 bridgehead atoms. The van der Waals surface area contributed by atoms with Gasteiger partial charge in [-0.15, -0.1) is 10.2 Å². The van der Waals surface area contributed by atoms with Crippen molar-refractivity contribution in [2.75, 3.05) is 0 Å². The molecule has 2 nitrogen and oxygen atoms in total. The maximum absolute atomic E-state index is 5.58. The second kappa shape index (κ2) is 1.92. The molecule has 1 heterocycles. The van der Waals surface area contributed by atoms with Gasteiger partial charge in [-0.3, -0.25) is 0 Å². The van der Waals surface area contributed by atoms with E-state index in [1.165, 1.54) is 24.2 Å². The van der Waals surface area contributed by atoms with Gasteiger partial charge in [0.25, 0.3) is 0 Å². The van der Waals surface area contributed by atoms with Gasteiger partial charge in [0, 0.05) is 5.92 Å². The Morgan fingerprint density at radius 3 is 2.67 bits per heavy atom. The van der Waals surface area contributed by atoms with Crippen molar-refractivity contribution in [3.63, 3.8) is 0 Å². The van der Waals surface area contributed by atoms with Crippen molar-refractivity contribution in [1.29, 1.82) is 0 Å². The molecule has 0 atom stereocenters. The normalized spacial score (nSPS) is 18.3. The van der Waals surface area contributed by atoms with E-state index in [-0.39, 0.29) is 0 Å². The van der Waals surface area contributed by atoms with Crippen molar-refractivity contribution in [2.45, 2.75) is 18.8 Å². The maximum atomic E-state index is 5.58. The highest BCUT2D eigenvalue weighted by atomic mass is 35.5. The van der Waals surface area contributed by atoms with Gasteiger partial charge in [-0.05, 0) is 24.4 Å². The molecule has 1 aromatic heterocycles. The van der Waals surface area contributed by atoms with Crippen LogP contribution in [0.25, 0.3) is 0 Å². The van der Waals surface area contributed by atoms with Crippen molar-refractivity contribution in [3.05, 3.63) is 9.47 Å². The predicted molar refractivity (Wildman–Crippen MR) is 36.9 cm³/mol. The molecule has 4 heteroatoms. The summed E-state index contributed by atoms with van der Waals surface area (Å²) in [7, 11) is 0. The first-order valence-corrected chi connectivity index (χ1v) is 4.04. The topological polar surface area (TPSA) is 25.8 Å². The summed E-state index contributed by atoms with van der Waals surface area (Å²) < 4.78 is 0.567. The number of nitrogens with zero attached hydrogens (tertiary/aromatic N) is 2. The first-order valence-electron chi connectivity index (χ1n) is 2.85. The van der Waals surface area contributed by atoms with E-state index < -0.39 is 0 Å². The van der Waals surface area contributed by atoms with E-state index in [2.05, 4.69) is 10.2 Å². The van der Waals surface area contributed by atoms with Gasteiger partial charge >= 0.3 is 0 Å². The Bertz CT molecular complexity index is 218. The van der Waals surface area contributed by atoms with Crippen LogP contribution in [0.5, 0.6) is 0 Å². The highest BCUT2D eigenvalue weighted by Crippen LogP contribution is 2.41. The Morgan fingerprint density at radius 1 is 1.44 bits per heavy atom. The minimum atomic E-state index is 0.567. The lowest BCUT2D eigenvalue weighted by Gasteiger charge is -1.78. The Balaban J connectivity index is 2.28. The third-order valence-corrected chi connectivity index (χ3v) is 2.52. The molecule has 1 aliphatic rings. The highest BCUT2D eigenvalue weighted by Gasteiger charge is 2.27. The van der Waals surface area contributed by atoms with Gasteiger partial charge in [0.05, 0.1) is 0 Å². The molecule has 1 aromatic rings. The molecule has 2 rings (SSSR count). The van der Waals surface area contributed by atoms with E-state index >= 15 is 0 Å². The zero-order valence-electron chi connectivity index (χ0n) is 4.67. The fourth-order valence-electron chi connectivity index (χ4n) is 0.711. The smallest absolute Gasteiger partial charge is 0.142 e. The van der Waals surface area contributed by atoms with E-state index in [0.717, 1.165) is 5.01 Å². The van der Waals surface area contributed by atoms with Crippen LogP contribution in [0.15, 0.2) is 0 Å². The van der Waals surface area contributed by atoms with Crippen LogP contribution in [0.2, 0.25) is 4.47 Å². The Hall–Kier alpha value is -0.150. The van der Waals surface area contributed by atoms with Gasteiger partial charge in [-0.1, -0.05) is 11.3 Å². The predicted octanol–water partition coefficient (Wildman–Crippen LogP) is 2.07. The third-order valence-electron chi connectivity index (χ3n) is 1.34. The van der Waals surface area contributed by atoms with E-state index in [4.69, 9.17) is 11.6 Å². The van der Waals surface area contributed by atoms with Crippen molar-refractivity contribution in [1.82, 2.24) is 10.2 Å². The highest BCUT2D eigenvalue weighted by molar-refractivity contribution is 7.15. The van der Waals surface area contributed by atoms with Gasteiger partial charge in [-0.25, -0.2) is 0 Å². The molecule has 0 N–H and O–H groups in total. The molecular formula is C5H5ClN2S. The van der Waals surface area contributed by atoms with Crippen LogP contribution < -0.4 is 0 Å². The summed E-state index contributed by atoms with van der Waals surface area (Å²) in [6.45, 7) is 0. The molecule has 0 unspecified atom stereocenters. The Labute approximate surface area is 61.9 Å². The quantitative estimate of drug-likeness (QED) is 0.629. The van der Waals surface area contributed by atoms with Gasteiger partial charge in [-0.2, -0.15) is 0 Å². The summed E-state index contributed by atoms with van der Waals surface area (Å²) in [4.78, 5) is 0. The van der Waals surface area contributed by atoms with Crippen LogP contribution in [0.4, 0.5) is 0 Å². The fourth-order valence-corrected chi connectivity index (χ4v) is 1.72. The average Bonchev–Trinajstić information content (AvgIpc) is 2.58. The van der Waals surface area contributed by atoms with Gasteiger partial charge < -0.3 is 0 Å². The number of hydrogen-bond acceptors (Lipinski definition) is 3. The molecule has 48 valence electrons. The molecule has 0 radical (unpaired) electrons. The van der Waals surface area contributed by atoms with Crippen LogP contribution >= 0.6 is 22.9 Å². The van der Waals surface area contributed by atoms with Crippen LogP contribution in [-0.2, 0) is 0 Å². The van der Waals surface area contributed by atoms with Gasteiger partial charge in [0.15, 0.2) is 0 Å². The molecule has 0 amide bonds. The first kappa shape index (κ1) is 5.62. The molecule has 0 aromatic carbocycles. The molecule has 9 heavy (non-hydrogen) atoms. The van der Waals surface area contributed by atoms with E-state index in [1.54, 1.807) is 0 Å². The third kappa shape index (κ3) is 1.07. The summed E-state index contributed by atoms with van der Waals surface area (Å²) >= 11 is 7.08. The minimum Gasteiger partial charge on any atom is -0.142 e. The Morgan fingerprint density at radius 2 is 2.22 bits per heavy atom. The SMILES string of the molecule is Clc1nnc(C2CC2)s1. The van der Waals surface area contributed by atoms with Crippen LogP contribution in [0.3, 0.4) is 0 Å². The van der Waals surface area contributed by atoms with Gasteiger partial charge in [0.2, 0.25) is 4.47 Å². The average molecular weight is 161 g/mol. The largest absolute Gasteiger partial charge is 0.207 e. The molecule has 0 spiro atoms. The fraction of sp³-hybridized carbons (Fsp3) is 0.600. The number of hydrogen-bond donors (Lipinski definition) is 0. The van der Waals surface area contributed by atoms with E-state index in [1.807, 2.05) is 0 Å². The lowest BCUT2D eigenvalue weighted by molar-refractivity contribution is 0.975. The molecule has 1 saturated carbocycles. The van der Waals surface area contributed by atoms with Crippen molar-refractivity contribution in [3.8, 4) is 0 Å². The number of aromatic nitrogens is 2. The number of halogens is 1. The zero-order chi connectivity index (χ0) is 6.27. The summed E-state index contributed by atoms with van der Waals surface area (Å²) in [5.74, 6) is 0.690. The molecule has 0 aliphatic heterocycles. The standard InChI is InChI=1S/C5H5ClN2S/c6-5-8-7-4(9-5)3-1-2-3/h3H,1-2H2. The maximum Gasteiger partial charge on any atom is 0.207 e. The lowest BCUT2D eigenvalue weighted by Crippen LogP contribution is -1.74. The molecule has 1 fully saturated rings. The van der Waals surface area contributed by atoms with Crippen molar-refractivity contribution >= 4 is 22.9 Å². The van der Waals surface area contributed by atoms with E-state index in [9.17, 15) is 0 Å². The summed E-state index contributed by atoms with van der Waals surface area (Å²) in [6, 6.07) is 0. The molecule has 1 aliphatic carbocycles. The second-order valence-corrected chi connectivity index (χ2v) is 3.76. The second-order valence-electron chi connectivity index (χ2n) is 2.17. The summed E-state index contributed by atoms with van der Waals surface area (Å²) in [5.41, 5.74) is 0. The molecule has 0 saturated heterocycles. The van der Waals surface area contributed by atoms with Crippen molar-refractivity contribution in [2.24, 2.45) is 0 Å². The summed E-state index contributed by atoms with van der Waals surface area (Å²) in [5, 5.41) is 8.74. The van der Waals surface area contributed by atoms with Crippen LogP contribution in [0, 0.1) is 0 Å². The minimum absolute atomic E-state index is 0.567. The van der Waals surface area contributed by atoms with Crippen LogP contribution in [0.1, 0.15) is 23.8 Å². The Kier molecular flexibility index (Phi) is 1.20. The zero-order valence-corrected chi connectivity index (χ0v) is 6.24. The van der Waals surface area contributed by atoms with E-state index in [0.29, 0.717) is 10.4 Å². The summed E-state index contributed by atoms with van der Waals surface area (Å²) in [6.07, 6.45) is 2.54. The van der Waals surface area contributed by atoms with Crippen LogP contribution in [-0.4, -0.2) is 10.2 Å². The number of rotatable bonds is 1. The van der Waals surface area contributed by atoms with Gasteiger partial charge in [0.1, 0.15) is 5.01 Å².